The predicted molar refractivity (Wildman–Crippen MR) is 74.5 cm³/mol. The average molecular weight is 268 g/mol. The molecule has 0 radical (unpaired) electrons. The Balaban J connectivity index is 2.39. The van der Waals surface area contributed by atoms with Gasteiger partial charge in [-0.05, 0) is 37.5 Å². The van der Waals surface area contributed by atoms with Gasteiger partial charge in [-0.1, -0.05) is 11.6 Å². The van der Waals surface area contributed by atoms with Crippen LogP contribution in [0.15, 0.2) is 18.2 Å². The first-order valence-corrected chi connectivity index (χ1v) is 6.52. The van der Waals surface area contributed by atoms with E-state index < -0.39 is 0 Å². The van der Waals surface area contributed by atoms with Crippen molar-refractivity contribution in [3.63, 3.8) is 0 Å². The number of aliphatic hydroxyl groups is 1. The van der Waals surface area contributed by atoms with Crippen LogP contribution >= 0.6 is 11.6 Å². The second kappa shape index (κ2) is 5.59. The third kappa shape index (κ3) is 2.60. The van der Waals surface area contributed by atoms with Gasteiger partial charge in [0.2, 0.25) is 0 Å². The van der Waals surface area contributed by atoms with E-state index in [0.717, 1.165) is 31.5 Å². The van der Waals surface area contributed by atoms with Crippen molar-refractivity contribution in [2.75, 3.05) is 18.1 Å². The first kappa shape index (κ1) is 13.2. The van der Waals surface area contributed by atoms with Gasteiger partial charge in [-0.25, -0.2) is 0 Å². The molecule has 0 saturated carbocycles. The van der Waals surface area contributed by atoms with Gasteiger partial charge in [-0.15, -0.1) is 0 Å². The molecule has 1 aliphatic rings. The van der Waals surface area contributed by atoms with Crippen LogP contribution in [0.3, 0.4) is 0 Å². The molecule has 1 aromatic rings. The second-order valence-electron chi connectivity index (χ2n) is 4.60. The number of piperidine rings is 1. The summed E-state index contributed by atoms with van der Waals surface area (Å²) in [5.74, 6) is 0.00904. The Labute approximate surface area is 112 Å². The highest BCUT2D eigenvalue weighted by Crippen LogP contribution is 2.29. The predicted octanol–water partition coefficient (Wildman–Crippen LogP) is 1.98. The molecule has 4 N–H and O–H groups in total. The lowest BCUT2D eigenvalue weighted by Crippen LogP contribution is -2.42. The van der Waals surface area contributed by atoms with Crippen molar-refractivity contribution >= 4 is 23.1 Å². The Morgan fingerprint density at radius 2 is 2.28 bits per heavy atom. The largest absolute Gasteiger partial charge is 0.394 e. The van der Waals surface area contributed by atoms with Gasteiger partial charge in [0.25, 0.3) is 0 Å². The molecule has 0 aliphatic carbocycles. The van der Waals surface area contributed by atoms with Crippen LogP contribution in [0.4, 0.5) is 5.69 Å². The van der Waals surface area contributed by atoms with Crippen molar-refractivity contribution in [2.24, 2.45) is 5.73 Å². The van der Waals surface area contributed by atoms with Crippen LogP contribution < -0.4 is 10.6 Å². The van der Waals surface area contributed by atoms with E-state index >= 15 is 0 Å². The number of amidine groups is 1. The van der Waals surface area contributed by atoms with Crippen molar-refractivity contribution in [2.45, 2.75) is 25.3 Å². The fraction of sp³-hybridized carbons (Fsp3) is 0.462. The van der Waals surface area contributed by atoms with Crippen LogP contribution in [0.2, 0.25) is 5.02 Å². The summed E-state index contributed by atoms with van der Waals surface area (Å²) in [6.45, 7) is 1.01. The van der Waals surface area contributed by atoms with Gasteiger partial charge in [0, 0.05) is 22.8 Å². The van der Waals surface area contributed by atoms with E-state index in [1.54, 1.807) is 12.1 Å². The second-order valence-corrected chi connectivity index (χ2v) is 5.04. The highest BCUT2D eigenvalue weighted by molar-refractivity contribution is 6.31. The SMILES string of the molecule is N=C(N)c1cc(Cl)ccc1N1CCCCC1CO. The van der Waals surface area contributed by atoms with Crippen LogP contribution in [-0.4, -0.2) is 30.1 Å². The summed E-state index contributed by atoms with van der Waals surface area (Å²) in [6, 6.07) is 5.50. The number of nitrogens with two attached hydrogens (primary N) is 1. The zero-order chi connectivity index (χ0) is 13.1. The number of rotatable bonds is 3. The van der Waals surface area contributed by atoms with Gasteiger partial charge in [-0.2, -0.15) is 0 Å². The molecular formula is C13H18ClN3O. The van der Waals surface area contributed by atoms with Gasteiger partial charge in [-0.3, -0.25) is 5.41 Å². The summed E-state index contributed by atoms with van der Waals surface area (Å²) in [5, 5.41) is 17.7. The van der Waals surface area contributed by atoms with E-state index in [0.29, 0.717) is 10.6 Å². The van der Waals surface area contributed by atoms with E-state index in [-0.39, 0.29) is 18.5 Å². The molecule has 1 fully saturated rings. The molecule has 0 spiro atoms. The van der Waals surface area contributed by atoms with Crippen molar-refractivity contribution in [1.29, 1.82) is 5.41 Å². The van der Waals surface area contributed by atoms with Crippen molar-refractivity contribution in [1.82, 2.24) is 0 Å². The smallest absolute Gasteiger partial charge is 0.124 e. The monoisotopic (exact) mass is 267 g/mol. The minimum Gasteiger partial charge on any atom is -0.394 e. The van der Waals surface area contributed by atoms with Crippen molar-refractivity contribution in [3.8, 4) is 0 Å². The molecule has 1 saturated heterocycles. The number of benzene rings is 1. The third-order valence-corrected chi connectivity index (χ3v) is 3.63. The molecule has 4 nitrogen and oxygen atoms in total. The molecule has 1 aromatic carbocycles. The molecule has 18 heavy (non-hydrogen) atoms. The Morgan fingerprint density at radius 3 is 2.94 bits per heavy atom. The number of hydrogen-bond donors (Lipinski definition) is 3. The maximum Gasteiger partial charge on any atom is 0.124 e. The minimum absolute atomic E-state index is 0.00904. The molecule has 5 heteroatoms. The fourth-order valence-corrected chi connectivity index (χ4v) is 2.65. The van der Waals surface area contributed by atoms with Crippen LogP contribution in [-0.2, 0) is 0 Å². The maximum absolute atomic E-state index is 9.45. The van der Waals surface area contributed by atoms with Gasteiger partial charge < -0.3 is 15.7 Å². The lowest BCUT2D eigenvalue weighted by molar-refractivity contribution is 0.240. The number of nitrogens with one attached hydrogen (secondary N) is 1. The highest BCUT2D eigenvalue weighted by atomic mass is 35.5. The fourth-order valence-electron chi connectivity index (χ4n) is 2.48. The third-order valence-electron chi connectivity index (χ3n) is 3.40. The Morgan fingerprint density at radius 1 is 1.50 bits per heavy atom. The van der Waals surface area contributed by atoms with Gasteiger partial charge >= 0.3 is 0 Å². The molecule has 2 rings (SSSR count). The maximum atomic E-state index is 9.45. The Hall–Kier alpha value is -1.26. The van der Waals surface area contributed by atoms with Crippen LogP contribution in [0.25, 0.3) is 0 Å². The number of hydrogen-bond acceptors (Lipinski definition) is 3. The molecule has 1 atom stereocenters. The standard InChI is InChI=1S/C13H18ClN3O/c14-9-4-5-12(11(7-9)13(15)16)17-6-2-1-3-10(17)8-18/h4-5,7,10,18H,1-3,6,8H2,(H3,15,16). The zero-order valence-electron chi connectivity index (χ0n) is 10.2. The molecule has 0 aromatic heterocycles. The number of nitrogens with zero attached hydrogens (tertiary/aromatic N) is 1. The van der Waals surface area contributed by atoms with E-state index in [4.69, 9.17) is 22.7 Å². The number of nitrogen functional groups attached to an aromatic ring is 1. The quantitative estimate of drug-likeness (QED) is 0.579. The summed E-state index contributed by atoms with van der Waals surface area (Å²) in [5.41, 5.74) is 7.15. The van der Waals surface area contributed by atoms with Gasteiger partial charge in [0.1, 0.15) is 5.84 Å². The van der Waals surface area contributed by atoms with E-state index in [9.17, 15) is 5.11 Å². The summed E-state index contributed by atoms with van der Waals surface area (Å²) in [4.78, 5) is 2.14. The molecule has 0 bridgehead atoms. The Kier molecular flexibility index (Phi) is 4.09. The first-order valence-electron chi connectivity index (χ1n) is 6.15. The van der Waals surface area contributed by atoms with E-state index in [2.05, 4.69) is 4.90 Å². The lowest BCUT2D eigenvalue weighted by Gasteiger charge is -2.37. The Bertz CT molecular complexity index is 450. The van der Waals surface area contributed by atoms with Crippen LogP contribution in [0.1, 0.15) is 24.8 Å². The lowest BCUT2D eigenvalue weighted by atomic mass is 10.00. The van der Waals surface area contributed by atoms with Crippen LogP contribution in [0.5, 0.6) is 0 Å². The molecule has 0 amide bonds. The molecule has 1 heterocycles. The number of halogens is 1. The first-order chi connectivity index (χ1) is 8.63. The van der Waals surface area contributed by atoms with E-state index in [1.165, 1.54) is 0 Å². The summed E-state index contributed by atoms with van der Waals surface area (Å²) in [7, 11) is 0. The molecule has 98 valence electrons. The normalized spacial score (nSPS) is 19.9. The number of anilines is 1. The zero-order valence-corrected chi connectivity index (χ0v) is 11.0. The van der Waals surface area contributed by atoms with Gasteiger partial charge in [0.15, 0.2) is 0 Å². The molecule has 1 unspecified atom stereocenters. The minimum atomic E-state index is 0.00904. The highest BCUT2D eigenvalue weighted by Gasteiger charge is 2.24. The van der Waals surface area contributed by atoms with Gasteiger partial charge in [0.05, 0.1) is 12.6 Å². The average Bonchev–Trinajstić information content (AvgIpc) is 2.38. The summed E-state index contributed by atoms with van der Waals surface area (Å²) >= 11 is 5.95. The molecular weight excluding hydrogens is 250 g/mol. The van der Waals surface area contributed by atoms with E-state index in [1.807, 2.05) is 6.07 Å². The number of aliphatic hydroxyl groups excluding tert-OH is 1. The van der Waals surface area contributed by atoms with Crippen molar-refractivity contribution < 1.29 is 5.11 Å². The summed E-state index contributed by atoms with van der Waals surface area (Å²) < 4.78 is 0. The van der Waals surface area contributed by atoms with Crippen molar-refractivity contribution in [3.05, 3.63) is 28.8 Å². The topological polar surface area (TPSA) is 73.3 Å². The summed E-state index contributed by atoms with van der Waals surface area (Å²) in [6.07, 6.45) is 3.19. The van der Waals surface area contributed by atoms with Crippen LogP contribution in [0, 0.1) is 5.41 Å². The molecule has 1 aliphatic heterocycles.